The quantitative estimate of drug-likeness (QED) is 0.698. The zero-order valence-corrected chi connectivity index (χ0v) is 16.6. The number of hydrogen-bond donors (Lipinski definition) is 2. The fourth-order valence-corrected chi connectivity index (χ4v) is 3.25. The van der Waals surface area contributed by atoms with Gasteiger partial charge in [-0.1, -0.05) is 0 Å². The van der Waals surface area contributed by atoms with E-state index in [1.54, 1.807) is 24.3 Å². The van der Waals surface area contributed by atoms with Crippen LogP contribution in [0.2, 0.25) is 0 Å². The van der Waals surface area contributed by atoms with Crippen molar-refractivity contribution >= 4 is 29.4 Å². The Bertz CT molecular complexity index is 907. The van der Waals surface area contributed by atoms with Crippen LogP contribution in [0.4, 0.5) is 5.69 Å². The number of carbonyl (C=O) groups is 4. The average molecular weight is 413 g/mol. The zero-order chi connectivity index (χ0) is 21.5. The first-order valence-electron chi connectivity index (χ1n) is 9.60. The monoisotopic (exact) mass is 413 g/mol. The molecular weight excluding hydrogens is 390 g/mol. The second-order valence-electron chi connectivity index (χ2n) is 6.81. The van der Waals surface area contributed by atoms with Crippen molar-refractivity contribution in [2.24, 2.45) is 0 Å². The van der Waals surface area contributed by atoms with E-state index in [2.05, 4.69) is 15.4 Å². The highest BCUT2D eigenvalue weighted by atomic mass is 16.5. The number of piperidine rings is 1. The number of carbonyl (C=O) groups excluding carboxylic acids is 4. The van der Waals surface area contributed by atoms with Gasteiger partial charge in [-0.3, -0.25) is 19.2 Å². The largest absolute Gasteiger partial charge is 0.468 e. The minimum Gasteiger partial charge on any atom is -0.468 e. The highest BCUT2D eigenvalue weighted by Crippen LogP contribution is 2.22. The summed E-state index contributed by atoms with van der Waals surface area (Å²) in [5.74, 6) is -1.37. The smallest absolute Gasteiger partial charge is 0.325 e. The number of methoxy groups -OCH3 is 1. The first kappa shape index (κ1) is 21.1. The van der Waals surface area contributed by atoms with Gasteiger partial charge in [-0.25, -0.2) is 0 Å². The molecule has 3 amide bonds. The summed E-state index contributed by atoms with van der Waals surface area (Å²) in [5.41, 5.74) is 0.838. The lowest BCUT2D eigenvalue weighted by Gasteiger charge is -2.34. The molecule has 2 aromatic rings. The molecule has 0 spiro atoms. The molecule has 3 rings (SSSR count). The van der Waals surface area contributed by atoms with Crippen LogP contribution >= 0.6 is 0 Å². The predicted molar refractivity (Wildman–Crippen MR) is 107 cm³/mol. The predicted octanol–water partition coefficient (Wildman–Crippen LogP) is 1.82. The highest BCUT2D eigenvalue weighted by molar-refractivity contribution is 6.01. The highest BCUT2D eigenvalue weighted by Gasteiger charge is 2.33. The van der Waals surface area contributed by atoms with Crippen LogP contribution in [-0.2, 0) is 14.3 Å². The molecule has 0 bridgehead atoms. The molecule has 1 unspecified atom stereocenters. The second-order valence-corrected chi connectivity index (χ2v) is 6.81. The maximum absolute atomic E-state index is 12.8. The summed E-state index contributed by atoms with van der Waals surface area (Å²) in [4.78, 5) is 50.1. The third kappa shape index (κ3) is 5.05. The van der Waals surface area contributed by atoms with Gasteiger partial charge in [0, 0.05) is 17.8 Å². The number of furan rings is 1. The lowest BCUT2D eigenvalue weighted by atomic mass is 10.0. The molecule has 158 valence electrons. The maximum Gasteiger partial charge on any atom is 0.325 e. The van der Waals surface area contributed by atoms with E-state index in [0.29, 0.717) is 24.2 Å². The van der Waals surface area contributed by atoms with E-state index in [1.165, 1.54) is 30.4 Å². The van der Waals surface area contributed by atoms with Crippen molar-refractivity contribution in [2.45, 2.75) is 25.3 Å². The Kier molecular flexibility index (Phi) is 6.84. The van der Waals surface area contributed by atoms with Crippen molar-refractivity contribution in [3.8, 4) is 0 Å². The Balaban J connectivity index is 1.62. The molecule has 1 aromatic heterocycles. The number of amides is 3. The van der Waals surface area contributed by atoms with E-state index in [0.717, 1.165) is 12.8 Å². The van der Waals surface area contributed by atoms with Gasteiger partial charge >= 0.3 is 5.97 Å². The van der Waals surface area contributed by atoms with Crippen molar-refractivity contribution < 1.29 is 28.3 Å². The number of esters is 1. The fourth-order valence-electron chi connectivity index (χ4n) is 3.25. The molecule has 9 heteroatoms. The number of anilines is 1. The molecule has 1 aliphatic rings. The molecule has 0 radical (unpaired) electrons. The van der Waals surface area contributed by atoms with Gasteiger partial charge in [-0.2, -0.15) is 0 Å². The number of likely N-dealkylation sites (tertiary alicyclic amines) is 1. The second kappa shape index (κ2) is 9.73. The van der Waals surface area contributed by atoms with Crippen LogP contribution in [0.25, 0.3) is 0 Å². The summed E-state index contributed by atoms with van der Waals surface area (Å²) >= 11 is 0. The first-order chi connectivity index (χ1) is 14.5. The third-order valence-corrected chi connectivity index (χ3v) is 4.83. The van der Waals surface area contributed by atoms with E-state index in [-0.39, 0.29) is 24.1 Å². The summed E-state index contributed by atoms with van der Waals surface area (Å²) < 4.78 is 9.65. The molecule has 9 nitrogen and oxygen atoms in total. The lowest BCUT2D eigenvalue weighted by molar-refractivity contribution is -0.139. The van der Waals surface area contributed by atoms with Crippen LogP contribution in [0.5, 0.6) is 0 Å². The van der Waals surface area contributed by atoms with Crippen LogP contribution in [0.15, 0.2) is 47.1 Å². The Morgan fingerprint density at radius 1 is 1.13 bits per heavy atom. The Hall–Kier alpha value is -3.62. The van der Waals surface area contributed by atoms with Crippen molar-refractivity contribution in [1.82, 2.24) is 10.2 Å². The van der Waals surface area contributed by atoms with Gasteiger partial charge in [-0.15, -0.1) is 0 Å². The Morgan fingerprint density at radius 3 is 2.57 bits per heavy atom. The molecule has 30 heavy (non-hydrogen) atoms. The molecule has 2 heterocycles. The SMILES string of the molecule is COC(=O)CNC(=O)c1ccc(NC(=O)C2CCCCN2C(=O)c2ccco2)cc1. The summed E-state index contributed by atoms with van der Waals surface area (Å²) in [6.45, 7) is 0.256. The molecule has 1 aromatic carbocycles. The zero-order valence-electron chi connectivity index (χ0n) is 16.6. The standard InChI is InChI=1S/C21H23N3O6/c1-29-18(25)13-22-19(26)14-7-9-15(10-8-14)23-20(27)16-5-2-3-11-24(16)21(28)17-6-4-12-30-17/h4,6-10,12,16H,2-3,5,11,13H2,1H3,(H,22,26)(H,23,27). The van der Waals surface area contributed by atoms with Gasteiger partial charge in [0.2, 0.25) is 5.91 Å². The maximum atomic E-state index is 12.8. The first-order valence-corrected chi connectivity index (χ1v) is 9.60. The molecular formula is C21H23N3O6. The van der Waals surface area contributed by atoms with Gasteiger partial charge in [0.25, 0.3) is 11.8 Å². The van der Waals surface area contributed by atoms with Crippen molar-refractivity contribution in [2.75, 3.05) is 25.5 Å². The van der Waals surface area contributed by atoms with Crippen LogP contribution < -0.4 is 10.6 Å². The van der Waals surface area contributed by atoms with Crippen LogP contribution in [0.3, 0.4) is 0 Å². The van der Waals surface area contributed by atoms with Gasteiger partial charge in [-0.05, 0) is 55.7 Å². The van der Waals surface area contributed by atoms with Gasteiger partial charge in [0.05, 0.1) is 13.4 Å². The van der Waals surface area contributed by atoms with Crippen molar-refractivity contribution in [3.05, 3.63) is 54.0 Å². The minimum absolute atomic E-state index is 0.206. The average Bonchev–Trinajstić information content (AvgIpc) is 3.32. The third-order valence-electron chi connectivity index (χ3n) is 4.83. The summed E-state index contributed by atoms with van der Waals surface area (Å²) in [6, 6.07) is 8.87. The van der Waals surface area contributed by atoms with Gasteiger partial charge in [0.15, 0.2) is 5.76 Å². The molecule has 0 saturated carbocycles. The molecule has 1 saturated heterocycles. The number of benzene rings is 1. The molecule has 1 fully saturated rings. The normalized spacial score (nSPS) is 15.9. The Morgan fingerprint density at radius 2 is 1.90 bits per heavy atom. The van der Waals surface area contributed by atoms with E-state index >= 15 is 0 Å². The van der Waals surface area contributed by atoms with Gasteiger partial charge < -0.3 is 24.7 Å². The summed E-state index contributed by atoms with van der Waals surface area (Å²) in [7, 11) is 1.24. The summed E-state index contributed by atoms with van der Waals surface area (Å²) in [5, 5.41) is 5.24. The van der Waals surface area contributed by atoms with E-state index in [1.807, 2.05) is 0 Å². The number of hydrogen-bond acceptors (Lipinski definition) is 6. The van der Waals surface area contributed by atoms with Crippen molar-refractivity contribution in [1.29, 1.82) is 0 Å². The minimum atomic E-state index is -0.598. The number of rotatable bonds is 6. The molecule has 1 aliphatic heterocycles. The fraction of sp³-hybridized carbons (Fsp3) is 0.333. The lowest BCUT2D eigenvalue weighted by Crippen LogP contribution is -2.49. The molecule has 2 N–H and O–H groups in total. The van der Waals surface area contributed by atoms with Crippen molar-refractivity contribution in [3.63, 3.8) is 0 Å². The van der Waals surface area contributed by atoms with Crippen LogP contribution in [0, 0.1) is 0 Å². The topological polar surface area (TPSA) is 118 Å². The van der Waals surface area contributed by atoms with E-state index in [4.69, 9.17) is 4.42 Å². The summed E-state index contributed by atoms with van der Waals surface area (Å²) in [6.07, 6.45) is 3.66. The van der Waals surface area contributed by atoms with E-state index < -0.39 is 17.9 Å². The van der Waals surface area contributed by atoms with Crippen LogP contribution in [0.1, 0.15) is 40.2 Å². The van der Waals surface area contributed by atoms with E-state index in [9.17, 15) is 19.2 Å². The van der Waals surface area contributed by atoms with Crippen LogP contribution in [-0.4, -0.2) is 54.8 Å². The molecule has 1 atom stereocenters. The molecule has 0 aliphatic carbocycles. The Labute approximate surface area is 173 Å². The van der Waals surface area contributed by atoms with Gasteiger partial charge in [0.1, 0.15) is 12.6 Å². The number of nitrogens with one attached hydrogen (secondary N) is 2. The number of ether oxygens (including phenoxy) is 1. The number of nitrogens with zero attached hydrogens (tertiary/aromatic N) is 1.